The van der Waals surface area contributed by atoms with Crippen LogP contribution in [0.25, 0.3) is 0 Å². The van der Waals surface area contributed by atoms with Gasteiger partial charge in [0.25, 0.3) is 10.0 Å². The molecule has 4 rings (SSSR count). The highest BCUT2D eigenvalue weighted by atomic mass is 32.2. The zero-order valence-electron chi connectivity index (χ0n) is 25.2. The van der Waals surface area contributed by atoms with E-state index in [0.29, 0.717) is 6.54 Å². The number of nitrogens with zero attached hydrogens (tertiary/aromatic N) is 2. The van der Waals surface area contributed by atoms with Gasteiger partial charge in [0.1, 0.15) is 18.4 Å². The van der Waals surface area contributed by atoms with Crippen LogP contribution in [-0.2, 0) is 32.6 Å². The molecule has 0 aliphatic carbocycles. The van der Waals surface area contributed by atoms with Crippen LogP contribution in [0.1, 0.15) is 30.5 Å². The molecule has 1 unspecified atom stereocenters. The van der Waals surface area contributed by atoms with E-state index in [1.54, 1.807) is 18.2 Å². The van der Waals surface area contributed by atoms with Crippen molar-refractivity contribution < 1.29 is 22.4 Å². The summed E-state index contributed by atoms with van der Waals surface area (Å²) >= 11 is 0. The molecule has 0 bridgehead atoms. The summed E-state index contributed by atoms with van der Waals surface area (Å²) in [5, 5.41) is 2.96. The van der Waals surface area contributed by atoms with Crippen LogP contribution in [0.5, 0.6) is 0 Å². The molecule has 0 aromatic heterocycles. The number of halogens is 1. The molecule has 0 spiro atoms. The Labute approximate surface area is 259 Å². The van der Waals surface area contributed by atoms with Crippen molar-refractivity contribution >= 4 is 27.5 Å². The van der Waals surface area contributed by atoms with Crippen molar-refractivity contribution in [2.45, 2.75) is 44.7 Å². The number of para-hydroxylation sites is 1. The van der Waals surface area contributed by atoms with Crippen LogP contribution in [0.4, 0.5) is 10.1 Å². The summed E-state index contributed by atoms with van der Waals surface area (Å²) in [4.78, 5) is 29.5. The van der Waals surface area contributed by atoms with Crippen LogP contribution >= 0.6 is 0 Å². The molecule has 1 N–H and O–H groups in total. The topological polar surface area (TPSA) is 86.8 Å². The Kier molecular flexibility index (Phi) is 10.9. The van der Waals surface area contributed by atoms with Crippen molar-refractivity contribution in [2.24, 2.45) is 5.92 Å². The number of hydrogen-bond donors (Lipinski definition) is 1. The lowest BCUT2D eigenvalue weighted by Crippen LogP contribution is -2.53. The van der Waals surface area contributed by atoms with Crippen LogP contribution in [0, 0.1) is 18.7 Å². The molecule has 4 aromatic rings. The van der Waals surface area contributed by atoms with Gasteiger partial charge in [0.2, 0.25) is 11.8 Å². The third-order valence-electron chi connectivity index (χ3n) is 7.16. The number of benzene rings is 4. The van der Waals surface area contributed by atoms with E-state index in [0.717, 1.165) is 27.1 Å². The van der Waals surface area contributed by atoms with Crippen molar-refractivity contribution in [1.29, 1.82) is 0 Å². The van der Waals surface area contributed by atoms with Gasteiger partial charge in [-0.1, -0.05) is 104 Å². The van der Waals surface area contributed by atoms with Crippen LogP contribution < -0.4 is 9.62 Å². The summed E-state index contributed by atoms with van der Waals surface area (Å²) < 4.78 is 43.8. The molecule has 4 aromatic carbocycles. The van der Waals surface area contributed by atoms with Gasteiger partial charge in [-0.25, -0.2) is 12.8 Å². The number of sulfonamides is 1. The molecule has 230 valence electrons. The third kappa shape index (κ3) is 8.32. The van der Waals surface area contributed by atoms with Gasteiger partial charge >= 0.3 is 0 Å². The third-order valence-corrected chi connectivity index (χ3v) is 8.93. The van der Waals surface area contributed by atoms with Crippen LogP contribution in [0.2, 0.25) is 0 Å². The summed E-state index contributed by atoms with van der Waals surface area (Å²) in [6.07, 6.45) is 0.202. The quantitative estimate of drug-likeness (QED) is 0.208. The number of hydrogen-bond acceptors (Lipinski definition) is 4. The Balaban J connectivity index is 1.79. The minimum absolute atomic E-state index is 0.0439. The summed E-state index contributed by atoms with van der Waals surface area (Å²) in [7, 11) is -4.36. The second-order valence-corrected chi connectivity index (χ2v) is 13.0. The summed E-state index contributed by atoms with van der Waals surface area (Å²) in [5.74, 6) is -1.62. The first-order valence-corrected chi connectivity index (χ1v) is 16.0. The first-order chi connectivity index (χ1) is 21.1. The molecule has 0 aliphatic rings. The summed E-state index contributed by atoms with van der Waals surface area (Å²) in [5.41, 5.74) is 2.37. The van der Waals surface area contributed by atoms with Crippen LogP contribution in [0.3, 0.4) is 0 Å². The van der Waals surface area contributed by atoms with Gasteiger partial charge in [-0.2, -0.15) is 0 Å². The van der Waals surface area contributed by atoms with E-state index >= 15 is 4.39 Å². The first kappa shape index (κ1) is 32.4. The Morgan fingerprint density at radius 3 is 2.00 bits per heavy atom. The number of anilines is 1. The monoisotopic (exact) mass is 615 g/mol. The van der Waals surface area contributed by atoms with E-state index in [-0.39, 0.29) is 35.4 Å². The zero-order chi connectivity index (χ0) is 31.7. The molecular weight excluding hydrogens is 577 g/mol. The number of aryl methyl sites for hydroxylation is 1. The second kappa shape index (κ2) is 14.8. The number of amides is 2. The summed E-state index contributed by atoms with van der Waals surface area (Å²) in [6, 6.07) is 29.0. The summed E-state index contributed by atoms with van der Waals surface area (Å²) in [6.45, 7) is 5.63. The average molecular weight is 616 g/mol. The van der Waals surface area contributed by atoms with Gasteiger partial charge in [-0.05, 0) is 48.2 Å². The normalized spacial score (nSPS) is 12.0. The fourth-order valence-corrected chi connectivity index (χ4v) is 6.20. The average Bonchev–Trinajstić information content (AvgIpc) is 3.02. The maximum atomic E-state index is 15.2. The van der Waals surface area contributed by atoms with Crippen molar-refractivity contribution in [3.05, 3.63) is 132 Å². The molecule has 0 saturated heterocycles. The molecule has 0 saturated carbocycles. The van der Waals surface area contributed by atoms with E-state index in [1.807, 2.05) is 75.4 Å². The minimum atomic E-state index is -4.36. The largest absolute Gasteiger partial charge is 0.354 e. The smallest absolute Gasteiger partial charge is 0.264 e. The van der Waals surface area contributed by atoms with Crippen LogP contribution in [-0.4, -0.2) is 44.3 Å². The Bertz CT molecular complexity index is 1650. The standard InChI is InChI=1S/C35H38FN3O4S/c1-26(2)23-37-35(41)33(22-28-12-6-4-7-13-28)38(24-29-20-18-27(3)19-21-29)34(40)25-39(32-17-11-10-16-31(32)36)44(42,43)30-14-8-5-9-15-30/h4-21,26,33H,22-25H2,1-3H3,(H,37,41). The van der Waals surface area contributed by atoms with Gasteiger partial charge in [0.15, 0.2) is 0 Å². The number of rotatable bonds is 13. The van der Waals surface area contributed by atoms with Gasteiger partial charge in [0, 0.05) is 19.5 Å². The maximum absolute atomic E-state index is 15.2. The molecule has 2 amide bonds. The van der Waals surface area contributed by atoms with Crippen LogP contribution in [0.15, 0.2) is 114 Å². The molecule has 9 heteroatoms. The molecule has 0 fully saturated rings. The Morgan fingerprint density at radius 2 is 1.39 bits per heavy atom. The van der Waals surface area contributed by atoms with Gasteiger partial charge in [0.05, 0.1) is 10.6 Å². The molecular formula is C35H38FN3O4S. The first-order valence-electron chi connectivity index (χ1n) is 14.5. The molecule has 0 heterocycles. The van der Waals surface area contributed by atoms with E-state index < -0.39 is 34.3 Å². The number of carbonyl (C=O) groups is 2. The van der Waals surface area contributed by atoms with Gasteiger partial charge < -0.3 is 10.2 Å². The highest BCUT2D eigenvalue weighted by Crippen LogP contribution is 2.27. The fourth-order valence-electron chi connectivity index (χ4n) is 4.75. The highest BCUT2D eigenvalue weighted by Gasteiger charge is 2.35. The highest BCUT2D eigenvalue weighted by molar-refractivity contribution is 7.92. The molecule has 0 aliphatic heterocycles. The van der Waals surface area contributed by atoms with Crippen molar-refractivity contribution in [2.75, 3.05) is 17.4 Å². The molecule has 1 atom stereocenters. The lowest BCUT2D eigenvalue weighted by molar-refractivity contribution is -0.140. The van der Waals surface area contributed by atoms with Crippen molar-refractivity contribution in [3.8, 4) is 0 Å². The van der Waals surface area contributed by atoms with Gasteiger partial charge in [-0.15, -0.1) is 0 Å². The molecule has 0 radical (unpaired) electrons. The van der Waals surface area contributed by atoms with Crippen molar-refractivity contribution in [3.63, 3.8) is 0 Å². The predicted octanol–water partition coefficient (Wildman–Crippen LogP) is 5.74. The van der Waals surface area contributed by atoms with E-state index in [1.165, 1.54) is 35.2 Å². The van der Waals surface area contributed by atoms with Crippen molar-refractivity contribution in [1.82, 2.24) is 10.2 Å². The van der Waals surface area contributed by atoms with Gasteiger partial charge in [-0.3, -0.25) is 13.9 Å². The molecule has 44 heavy (non-hydrogen) atoms. The lowest BCUT2D eigenvalue weighted by atomic mass is 10.0. The van der Waals surface area contributed by atoms with E-state index in [4.69, 9.17) is 0 Å². The number of carbonyl (C=O) groups excluding carboxylic acids is 2. The second-order valence-electron chi connectivity index (χ2n) is 11.1. The predicted molar refractivity (Wildman–Crippen MR) is 171 cm³/mol. The molecule has 7 nitrogen and oxygen atoms in total. The SMILES string of the molecule is Cc1ccc(CN(C(=O)CN(c2ccccc2F)S(=O)(=O)c2ccccc2)C(Cc2ccccc2)C(=O)NCC(C)C)cc1. The fraction of sp³-hybridized carbons (Fsp3) is 0.257. The Morgan fingerprint density at radius 1 is 0.795 bits per heavy atom. The number of nitrogens with one attached hydrogen (secondary N) is 1. The van der Waals surface area contributed by atoms with E-state index in [9.17, 15) is 18.0 Å². The maximum Gasteiger partial charge on any atom is 0.264 e. The minimum Gasteiger partial charge on any atom is -0.354 e. The van der Waals surface area contributed by atoms with E-state index in [2.05, 4.69) is 5.32 Å². The Hall–Kier alpha value is -4.50. The zero-order valence-corrected chi connectivity index (χ0v) is 26.0. The lowest BCUT2D eigenvalue weighted by Gasteiger charge is -2.34.